The Bertz CT molecular complexity index is 1500. The van der Waals surface area contributed by atoms with E-state index >= 15 is 4.39 Å². The smallest absolute Gasteiger partial charge is 0.244 e. The summed E-state index contributed by atoms with van der Waals surface area (Å²) < 4.78 is 45.3. The predicted molar refractivity (Wildman–Crippen MR) is 118 cm³/mol. The molecule has 0 aliphatic carbocycles. The quantitative estimate of drug-likeness (QED) is 0.438. The lowest BCUT2D eigenvalue weighted by molar-refractivity contribution is 0.385. The number of nitrogen functional groups attached to an aromatic ring is 1. The number of fused-ring (bicyclic) bond motifs is 1. The molecule has 4 aromatic rings. The van der Waals surface area contributed by atoms with Crippen molar-refractivity contribution in [2.75, 3.05) is 12.8 Å². The van der Waals surface area contributed by atoms with Crippen LogP contribution < -0.4 is 15.6 Å². The molecule has 0 saturated carbocycles. The highest BCUT2D eigenvalue weighted by Gasteiger charge is 2.29. The van der Waals surface area contributed by atoms with Gasteiger partial charge in [-0.25, -0.2) is 32.9 Å². The van der Waals surface area contributed by atoms with Crippen molar-refractivity contribution in [1.29, 1.82) is 0 Å². The largest absolute Gasteiger partial charge is 0.480 e. The van der Waals surface area contributed by atoms with Gasteiger partial charge in [-0.05, 0) is 12.1 Å². The Hall–Kier alpha value is -3.12. The molecule has 0 fully saturated rings. The fraction of sp³-hybridized carbons (Fsp3) is 0.0526. The zero-order valence-electron chi connectivity index (χ0n) is 16.2. The predicted octanol–water partition coefficient (Wildman–Crippen LogP) is 3.44. The van der Waals surface area contributed by atoms with Crippen LogP contribution in [0.3, 0.4) is 0 Å². The second-order valence-electron chi connectivity index (χ2n) is 6.47. The molecule has 4 N–H and O–H groups in total. The molecule has 0 unspecified atom stereocenters. The van der Waals surface area contributed by atoms with Crippen LogP contribution in [-0.4, -0.2) is 35.5 Å². The topological polar surface area (TPSA) is 147 Å². The monoisotopic (exact) mass is 494 g/mol. The van der Waals surface area contributed by atoms with Gasteiger partial charge in [0.25, 0.3) is 0 Å². The van der Waals surface area contributed by atoms with Crippen LogP contribution in [0.1, 0.15) is 0 Å². The van der Waals surface area contributed by atoms with E-state index in [-0.39, 0.29) is 38.7 Å². The number of nitrogens with two attached hydrogens (primary N) is 2. The molecule has 0 amide bonds. The lowest BCUT2D eigenvalue weighted by Crippen LogP contribution is -2.16. The Morgan fingerprint density at radius 2 is 1.81 bits per heavy atom. The highest BCUT2D eigenvalue weighted by atomic mass is 35.5. The van der Waals surface area contributed by atoms with Gasteiger partial charge in [-0.1, -0.05) is 29.3 Å². The average molecular weight is 495 g/mol. The van der Waals surface area contributed by atoms with E-state index in [1.165, 1.54) is 25.6 Å². The summed E-state index contributed by atoms with van der Waals surface area (Å²) in [5.41, 5.74) is 5.74. The molecule has 4 rings (SSSR count). The number of nitrogens with zero attached hydrogens (tertiary/aromatic N) is 4. The van der Waals surface area contributed by atoms with Gasteiger partial charge in [0.05, 0.1) is 28.9 Å². The number of benzene rings is 1. The minimum absolute atomic E-state index is 0.0333. The number of rotatable bonds is 4. The van der Waals surface area contributed by atoms with Crippen molar-refractivity contribution in [2.24, 2.45) is 5.14 Å². The average Bonchev–Trinajstić information content (AvgIpc) is 2.74. The van der Waals surface area contributed by atoms with Gasteiger partial charge in [-0.2, -0.15) is 0 Å². The van der Waals surface area contributed by atoms with Crippen LogP contribution in [0.15, 0.2) is 41.7 Å². The third-order valence-electron chi connectivity index (χ3n) is 4.57. The number of methoxy groups -OCH3 is 1. The summed E-state index contributed by atoms with van der Waals surface area (Å²) in [7, 11) is -3.22. The van der Waals surface area contributed by atoms with Gasteiger partial charge in [-0.3, -0.25) is 4.98 Å². The van der Waals surface area contributed by atoms with Crippen molar-refractivity contribution in [3.8, 4) is 28.3 Å². The van der Waals surface area contributed by atoms with Gasteiger partial charge in [0.1, 0.15) is 5.69 Å². The van der Waals surface area contributed by atoms with E-state index in [9.17, 15) is 8.42 Å². The minimum atomic E-state index is -4.42. The van der Waals surface area contributed by atoms with Crippen molar-refractivity contribution in [3.05, 3.63) is 52.7 Å². The maximum atomic E-state index is 15.7. The highest BCUT2D eigenvalue weighted by molar-refractivity contribution is 7.89. The number of halogens is 3. The minimum Gasteiger partial charge on any atom is -0.480 e. The highest BCUT2D eigenvalue weighted by Crippen LogP contribution is 2.41. The van der Waals surface area contributed by atoms with E-state index in [0.29, 0.717) is 16.5 Å². The third-order valence-corrected chi connectivity index (χ3v) is 6.21. The normalized spacial score (nSPS) is 11.7. The summed E-state index contributed by atoms with van der Waals surface area (Å²) in [4.78, 5) is 15.2. The molecule has 0 atom stereocenters. The molecule has 0 aliphatic rings. The molecule has 0 radical (unpaired) electrons. The van der Waals surface area contributed by atoms with Crippen LogP contribution in [-0.2, 0) is 10.0 Å². The van der Waals surface area contributed by atoms with Crippen LogP contribution in [0.2, 0.25) is 10.0 Å². The fourth-order valence-corrected chi connectivity index (χ4v) is 4.67. The van der Waals surface area contributed by atoms with E-state index in [4.69, 9.17) is 38.8 Å². The van der Waals surface area contributed by atoms with Crippen LogP contribution in [0.4, 0.5) is 10.3 Å². The second kappa shape index (κ2) is 8.10. The van der Waals surface area contributed by atoms with Crippen molar-refractivity contribution < 1.29 is 17.5 Å². The lowest BCUT2D eigenvalue weighted by atomic mass is 10.0. The standard InChI is InChI=1S/C19H13Cl2FN6O3S/c1-31-18-17(32(24,29)30)13(11(20)7-26-18)16-15(22)9(4-5-25-16)8-2-3-12-10(14(8)21)6-27-19(23)28-12/h2-7H,1H3,(H2,23,27,28)(H2,24,29,30). The van der Waals surface area contributed by atoms with Crippen molar-refractivity contribution in [1.82, 2.24) is 19.9 Å². The molecule has 164 valence electrons. The van der Waals surface area contributed by atoms with E-state index in [1.54, 1.807) is 12.1 Å². The molecule has 0 bridgehead atoms. The van der Waals surface area contributed by atoms with Gasteiger partial charge in [0, 0.05) is 34.5 Å². The maximum Gasteiger partial charge on any atom is 0.244 e. The molecule has 32 heavy (non-hydrogen) atoms. The maximum absolute atomic E-state index is 15.7. The van der Waals surface area contributed by atoms with E-state index < -0.39 is 20.7 Å². The van der Waals surface area contributed by atoms with Gasteiger partial charge in [-0.15, -0.1) is 0 Å². The molecular weight excluding hydrogens is 482 g/mol. The van der Waals surface area contributed by atoms with E-state index in [2.05, 4.69) is 19.9 Å². The first kappa shape index (κ1) is 22.1. The summed E-state index contributed by atoms with van der Waals surface area (Å²) in [5, 5.41) is 5.77. The van der Waals surface area contributed by atoms with Crippen molar-refractivity contribution >= 4 is 50.1 Å². The molecule has 0 aliphatic heterocycles. The Kier molecular flexibility index (Phi) is 5.59. The number of aromatic nitrogens is 4. The molecule has 1 aromatic carbocycles. The molecule has 0 saturated heterocycles. The number of anilines is 1. The number of primary sulfonamides is 1. The summed E-state index contributed by atoms with van der Waals surface area (Å²) in [5.74, 6) is -1.17. The Morgan fingerprint density at radius 1 is 1.06 bits per heavy atom. The fourth-order valence-electron chi connectivity index (χ4n) is 3.20. The van der Waals surface area contributed by atoms with Gasteiger partial charge in [0.2, 0.25) is 21.9 Å². The lowest BCUT2D eigenvalue weighted by Gasteiger charge is -2.15. The van der Waals surface area contributed by atoms with Gasteiger partial charge in [0.15, 0.2) is 10.7 Å². The van der Waals surface area contributed by atoms with Crippen LogP contribution in [0, 0.1) is 5.82 Å². The molecule has 0 spiro atoms. The molecule has 3 heterocycles. The van der Waals surface area contributed by atoms with Crippen LogP contribution in [0.25, 0.3) is 33.3 Å². The Balaban J connectivity index is 2.02. The van der Waals surface area contributed by atoms with Crippen molar-refractivity contribution in [3.63, 3.8) is 0 Å². The van der Waals surface area contributed by atoms with Crippen LogP contribution >= 0.6 is 23.2 Å². The summed E-state index contributed by atoms with van der Waals surface area (Å²) in [6, 6.07) is 4.54. The van der Waals surface area contributed by atoms with Gasteiger partial charge >= 0.3 is 0 Å². The number of hydrogen-bond donors (Lipinski definition) is 2. The second-order valence-corrected chi connectivity index (χ2v) is 8.76. The molecular formula is C19H13Cl2FN6O3S. The Labute approximate surface area is 191 Å². The molecule has 13 heteroatoms. The number of ether oxygens (including phenoxy) is 1. The zero-order chi connectivity index (χ0) is 23.2. The third kappa shape index (κ3) is 3.69. The SMILES string of the molecule is COc1ncc(Cl)c(-c2nccc(-c3ccc4nc(N)ncc4c3Cl)c2F)c1S(N)(=O)=O. The first-order valence-corrected chi connectivity index (χ1v) is 11.0. The van der Waals surface area contributed by atoms with Crippen molar-refractivity contribution in [2.45, 2.75) is 4.90 Å². The number of sulfonamides is 1. The summed E-state index contributed by atoms with van der Waals surface area (Å²) in [6.45, 7) is 0. The summed E-state index contributed by atoms with van der Waals surface area (Å²) >= 11 is 12.7. The van der Waals surface area contributed by atoms with E-state index in [1.807, 2.05) is 0 Å². The zero-order valence-corrected chi connectivity index (χ0v) is 18.5. The first-order valence-electron chi connectivity index (χ1n) is 8.74. The summed E-state index contributed by atoms with van der Waals surface area (Å²) in [6.07, 6.45) is 3.82. The molecule has 9 nitrogen and oxygen atoms in total. The molecule has 3 aromatic heterocycles. The van der Waals surface area contributed by atoms with Gasteiger partial charge < -0.3 is 10.5 Å². The number of hydrogen-bond acceptors (Lipinski definition) is 8. The number of pyridine rings is 2. The Morgan fingerprint density at radius 3 is 2.50 bits per heavy atom. The van der Waals surface area contributed by atoms with E-state index in [0.717, 1.165) is 6.20 Å². The van der Waals surface area contributed by atoms with Crippen LogP contribution in [0.5, 0.6) is 5.88 Å². The first-order chi connectivity index (χ1) is 15.1.